The number of aromatic amines is 1. The summed E-state index contributed by atoms with van der Waals surface area (Å²) in [6.45, 7) is 13.7. The Morgan fingerprint density at radius 1 is 1.00 bits per heavy atom. The molecule has 0 unspecified atom stereocenters. The van der Waals surface area contributed by atoms with Crippen LogP contribution in [-0.4, -0.2) is 32.8 Å². The van der Waals surface area contributed by atoms with Crippen molar-refractivity contribution >= 4 is 10.9 Å². The highest BCUT2D eigenvalue weighted by Gasteiger charge is 2.35. The van der Waals surface area contributed by atoms with Gasteiger partial charge in [0.15, 0.2) is 0 Å². The van der Waals surface area contributed by atoms with Gasteiger partial charge in [0.25, 0.3) is 0 Å². The zero-order valence-electron chi connectivity index (χ0n) is 23.7. The zero-order valence-corrected chi connectivity index (χ0v) is 23.7. The topological polar surface area (TPSA) is 46.1 Å². The third kappa shape index (κ3) is 4.65. The van der Waals surface area contributed by atoms with Crippen molar-refractivity contribution in [2.45, 2.75) is 53.1 Å². The Hall–Kier alpha value is -3.83. The van der Waals surface area contributed by atoms with Crippen LogP contribution < -0.4 is 4.74 Å². The van der Waals surface area contributed by atoms with Crippen LogP contribution in [0.25, 0.3) is 27.8 Å². The van der Waals surface area contributed by atoms with Gasteiger partial charge in [-0.3, -0.25) is 4.90 Å². The first-order chi connectivity index (χ1) is 18.8. The molecule has 1 aliphatic heterocycles. The molecule has 0 spiro atoms. The van der Waals surface area contributed by atoms with E-state index in [-0.39, 0.29) is 5.54 Å². The van der Waals surface area contributed by atoms with Crippen molar-refractivity contribution in [2.75, 3.05) is 13.2 Å². The molecule has 0 fully saturated rings. The van der Waals surface area contributed by atoms with Gasteiger partial charge >= 0.3 is 0 Å². The van der Waals surface area contributed by atoms with Crippen molar-refractivity contribution in [1.82, 2.24) is 19.7 Å². The van der Waals surface area contributed by atoms with E-state index in [9.17, 15) is 0 Å². The number of ether oxygens (including phenoxy) is 1. The molecule has 6 rings (SSSR count). The summed E-state index contributed by atoms with van der Waals surface area (Å²) in [7, 11) is 0. The molecular weight excluding hydrogens is 480 g/mol. The van der Waals surface area contributed by atoms with Gasteiger partial charge < -0.3 is 9.72 Å². The normalized spacial score (nSPS) is 14.2. The number of hydrogen-bond donors (Lipinski definition) is 1. The van der Waals surface area contributed by atoms with Crippen molar-refractivity contribution in [3.05, 3.63) is 101 Å². The molecule has 1 aliphatic rings. The van der Waals surface area contributed by atoms with Gasteiger partial charge in [-0.15, -0.1) is 0 Å². The van der Waals surface area contributed by atoms with Gasteiger partial charge in [-0.2, -0.15) is 5.10 Å². The minimum Gasteiger partial charge on any atom is -0.491 e. The maximum Gasteiger partial charge on any atom is 0.145 e. The fraction of sp³-hybridized carbons (Fsp3) is 0.324. The summed E-state index contributed by atoms with van der Waals surface area (Å²) in [5.41, 5.74) is 9.37. The average Bonchev–Trinajstić information content (AvgIpc) is 3.56. The molecule has 0 saturated carbocycles. The first-order valence-electron chi connectivity index (χ1n) is 14.0. The third-order valence-corrected chi connectivity index (χ3v) is 8.12. The molecule has 200 valence electrons. The second-order valence-corrected chi connectivity index (χ2v) is 11.7. The second-order valence-electron chi connectivity index (χ2n) is 11.7. The van der Waals surface area contributed by atoms with E-state index in [1.54, 1.807) is 0 Å². The van der Waals surface area contributed by atoms with Crippen molar-refractivity contribution in [3.63, 3.8) is 0 Å². The lowest BCUT2D eigenvalue weighted by Gasteiger charge is -2.41. The molecule has 2 aromatic heterocycles. The fourth-order valence-electron chi connectivity index (χ4n) is 5.81. The van der Waals surface area contributed by atoms with Crippen molar-refractivity contribution in [1.29, 1.82) is 0 Å². The van der Waals surface area contributed by atoms with Gasteiger partial charge in [-0.05, 0) is 62.1 Å². The second kappa shape index (κ2) is 10.0. The van der Waals surface area contributed by atoms with E-state index in [2.05, 4.69) is 122 Å². The molecule has 1 N–H and O–H groups in total. The minimum absolute atomic E-state index is 0.100. The van der Waals surface area contributed by atoms with E-state index >= 15 is 0 Å². The Morgan fingerprint density at radius 2 is 1.82 bits per heavy atom. The molecule has 0 amide bonds. The monoisotopic (exact) mass is 518 g/mol. The molecule has 5 aromatic rings. The van der Waals surface area contributed by atoms with Crippen LogP contribution in [-0.2, 0) is 18.5 Å². The number of para-hydroxylation sites is 1. The van der Waals surface area contributed by atoms with Crippen molar-refractivity contribution in [2.24, 2.45) is 5.92 Å². The molecule has 0 bridgehead atoms. The SMILES string of the molecule is Cc1cccc(OCC(C)C)c1-n1nc2c(c1-c1ccc3[nH]ccc3c1)CN(C(C)(C)c1ccccc1)CC2. The number of fused-ring (bicyclic) bond motifs is 2. The minimum atomic E-state index is -0.100. The Kier molecular flexibility index (Phi) is 6.56. The first kappa shape index (κ1) is 25.4. The van der Waals surface area contributed by atoms with Crippen LogP contribution >= 0.6 is 0 Å². The highest BCUT2D eigenvalue weighted by Crippen LogP contribution is 2.40. The summed E-state index contributed by atoms with van der Waals surface area (Å²) in [5.74, 6) is 1.32. The molecule has 5 heteroatoms. The van der Waals surface area contributed by atoms with E-state index in [1.807, 2.05) is 6.20 Å². The molecule has 0 aliphatic carbocycles. The molecule has 5 nitrogen and oxygen atoms in total. The van der Waals surface area contributed by atoms with E-state index in [4.69, 9.17) is 9.84 Å². The largest absolute Gasteiger partial charge is 0.491 e. The summed E-state index contributed by atoms with van der Waals surface area (Å²) in [6, 6.07) is 26.0. The fourth-order valence-corrected chi connectivity index (χ4v) is 5.81. The smallest absolute Gasteiger partial charge is 0.145 e. The highest BCUT2D eigenvalue weighted by atomic mass is 16.5. The number of aromatic nitrogens is 3. The van der Waals surface area contributed by atoms with Gasteiger partial charge in [-0.1, -0.05) is 62.4 Å². The summed E-state index contributed by atoms with van der Waals surface area (Å²) in [4.78, 5) is 5.94. The van der Waals surface area contributed by atoms with Gasteiger partial charge in [0.05, 0.1) is 18.0 Å². The number of nitrogens with one attached hydrogen (secondary N) is 1. The molecule has 39 heavy (non-hydrogen) atoms. The lowest BCUT2D eigenvalue weighted by molar-refractivity contribution is 0.103. The highest BCUT2D eigenvalue weighted by molar-refractivity contribution is 5.85. The quantitative estimate of drug-likeness (QED) is 0.241. The number of nitrogens with zero attached hydrogens (tertiary/aromatic N) is 3. The molecule has 0 saturated heterocycles. The van der Waals surface area contributed by atoms with Gasteiger partial charge in [0.2, 0.25) is 0 Å². The molecule has 0 radical (unpaired) electrons. The van der Waals surface area contributed by atoms with Gasteiger partial charge in [0.1, 0.15) is 11.4 Å². The van der Waals surface area contributed by atoms with Crippen LogP contribution in [0.15, 0.2) is 79.0 Å². The standard InChI is InChI=1S/C34H38N4O/c1-23(2)22-39-31-13-9-10-24(3)32(31)38-33(26-14-15-29-25(20-26)16-18-35-29)28-21-37(19-17-30(28)36-38)34(4,5)27-11-7-6-8-12-27/h6-16,18,20,23,35H,17,19,21-22H2,1-5H3. The predicted molar refractivity (Wildman–Crippen MR) is 160 cm³/mol. The van der Waals surface area contributed by atoms with Crippen molar-refractivity contribution in [3.8, 4) is 22.7 Å². The average molecular weight is 519 g/mol. The Balaban J connectivity index is 1.52. The summed E-state index contributed by atoms with van der Waals surface area (Å²) in [5, 5.41) is 6.51. The molecular formula is C34H38N4O. The number of H-pyrrole nitrogens is 1. The van der Waals surface area contributed by atoms with E-state index < -0.39 is 0 Å². The maximum absolute atomic E-state index is 6.37. The number of aryl methyl sites for hydroxylation is 1. The Morgan fingerprint density at radius 3 is 2.62 bits per heavy atom. The number of benzene rings is 3. The number of rotatable bonds is 7. The number of hydrogen-bond acceptors (Lipinski definition) is 3. The summed E-state index contributed by atoms with van der Waals surface area (Å²) in [6.07, 6.45) is 2.91. The maximum atomic E-state index is 6.37. The van der Waals surface area contributed by atoms with Gasteiger partial charge in [0, 0.05) is 53.3 Å². The van der Waals surface area contributed by atoms with E-state index in [0.29, 0.717) is 12.5 Å². The summed E-state index contributed by atoms with van der Waals surface area (Å²) < 4.78 is 8.54. The van der Waals surface area contributed by atoms with Crippen LogP contribution in [0.3, 0.4) is 0 Å². The third-order valence-electron chi connectivity index (χ3n) is 8.12. The van der Waals surface area contributed by atoms with Crippen LogP contribution in [0.1, 0.15) is 50.1 Å². The summed E-state index contributed by atoms with van der Waals surface area (Å²) >= 11 is 0. The Bertz CT molecular complexity index is 1610. The van der Waals surface area contributed by atoms with Crippen molar-refractivity contribution < 1.29 is 4.74 Å². The van der Waals surface area contributed by atoms with E-state index in [1.165, 1.54) is 27.8 Å². The van der Waals surface area contributed by atoms with E-state index in [0.717, 1.165) is 47.7 Å². The van der Waals surface area contributed by atoms with Crippen LogP contribution in [0.2, 0.25) is 0 Å². The van der Waals surface area contributed by atoms with Gasteiger partial charge in [-0.25, -0.2) is 4.68 Å². The molecule has 0 atom stereocenters. The molecule has 3 aromatic carbocycles. The lowest BCUT2D eigenvalue weighted by atomic mass is 9.89. The lowest BCUT2D eigenvalue weighted by Crippen LogP contribution is -2.44. The zero-order chi connectivity index (χ0) is 27.1. The van der Waals surface area contributed by atoms with Crippen LogP contribution in [0.5, 0.6) is 5.75 Å². The Labute approximate surface area is 231 Å². The van der Waals surface area contributed by atoms with Crippen LogP contribution in [0.4, 0.5) is 0 Å². The molecule has 3 heterocycles. The van der Waals surface area contributed by atoms with Crippen LogP contribution in [0, 0.1) is 12.8 Å². The first-order valence-corrected chi connectivity index (χ1v) is 14.0. The predicted octanol–water partition coefficient (Wildman–Crippen LogP) is 7.66.